The van der Waals surface area contributed by atoms with Crippen molar-refractivity contribution in [2.75, 3.05) is 0 Å². The van der Waals surface area contributed by atoms with Crippen molar-refractivity contribution in [1.29, 1.82) is 0 Å². The third-order valence-corrected chi connectivity index (χ3v) is 5.60. The van der Waals surface area contributed by atoms with Gasteiger partial charge in [-0.2, -0.15) is 13.2 Å². The fourth-order valence-corrected chi connectivity index (χ4v) is 4.02. The van der Waals surface area contributed by atoms with E-state index in [1.54, 1.807) is 0 Å². The predicted molar refractivity (Wildman–Crippen MR) is 119 cm³/mol. The van der Waals surface area contributed by atoms with Gasteiger partial charge >= 0.3 is 12.1 Å². The molecule has 0 aliphatic heterocycles. The third kappa shape index (κ3) is 5.08. The standard InChI is InChI=1S/C26H22F3NO3/c1-16-10-11-24(33-15-17-6-3-2-4-7-17)21(12-16)19-8-5-9-20(19)22-13-18(26(27,28)29)14-23(30-22)25(31)32/h2-4,6-7,10-14H,5,8-9,15H2,1H3,(H,31,32). The molecule has 3 aromatic rings. The zero-order valence-electron chi connectivity index (χ0n) is 17.9. The summed E-state index contributed by atoms with van der Waals surface area (Å²) in [6.45, 7) is 2.29. The summed E-state index contributed by atoms with van der Waals surface area (Å²) in [5.74, 6) is -0.866. The van der Waals surface area contributed by atoms with Gasteiger partial charge in [-0.05, 0) is 67.2 Å². The van der Waals surface area contributed by atoms with Gasteiger partial charge in [0.2, 0.25) is 0 Å². The van der Waals surface area contributed by atoms with Crippen LogP contribution in [0.15, 0.2) is 60.7 Å². The van der Waals surface area contributed by atoms with Crippen LogP contribution in [-0.4, -0.2) is 16.1 Å². The van der Waals surface area contributed by atoms with E-state index in [0.717, 1.165) is 34.8 Å². The number of alkyl halides is 3. The summed E-state index contributed by atoms with van der Waals surface area (Å²) >= 11 is 0. The molecule has 1 aromatic heterocycles. The molecular formula is C26H22F3NO3. The molecule has 4 nitrogen and oxygen atoms in total. The van der Waals surface area contributed by atoms with Crippen molar-refractivity contribution in [1.82, 2.24) is 4.98 Å². The lowest BCUT2D eigenvalue weighted by atomic mass is 9.96. The summed E-state index contributed by atoms with van der Waals surface area (Å²) in [6, 6.07) is 16.9. The molecule has 0 bridgehead atoms. The largest absolute Gasteiger partial charge is 0.488 e. The van der Waals surface area contributed by atoms with Crippen LogP contribution in [0.4, 0.5) is 13.2 Å². The second-order valence-corrected chi connectivity index (χ2v) is 8.01. The highest BCUT2D eigenvalue weighted by molar-refractivity contribution is 5.94. The molecule has 2 aromatic carbocycles. The second kappa shape index (κ2) is 9.10. The van der Waals surface area contributed by atoms with Gasteiger partial charge in [0.25, 0.3) is 0 Å². The highest BCUT2D eigenvalue weighted by atomic mass is 19.4. The molecule has 0 atom stereocenters. The average Bonchev–Trinajstić information content (AvgIpc) is 3.28. The number of rotatable bonds is 6. The van der Waals surface area contributed by atoms with Gasteiger partial charge in [0, 0.05) is 5.56 Å². The van der Waals surface area contributed by atoms with Gasteiger partial charge in [-0.15, -0.1) is 0 Å². The molecule has 0 amide bonds. The maximum Gasteiger partial charge on any atom is 0.416 e. The number of carbonyl (C=O) groups is 1. The topological polar surface area (TPSA) is 59.4 Å². The molecule has 1 heterocycles. The lowest BCUT2D eigenvalue weighted by molar-refractivity contribution is -0.137. The Labute approximate surface area is 189 Å². The van der Waals surface area contributed by atoms with E-state index < -0.39 is 23.4 Å². The van der Waals surface area contributed by atoms with Gasteiger partial charge < -0.3 is 9.84 Å². The van der Waals surface area contributed by atoms with Crippen LogP contribution in [-0.2, 0) is 12.8 Å². The number of pyridine rings is 1. The number of aromatic nitrogens is 1. The van der Waals surface area contributed by atoms with E-state index in [1.165, 1.54) is 0 Å². The highest BCUT2D eigenvalue weighted by Crippen LogP contribution is 2.43. The van der Waals surface area contributed by atoms with Crippen LogP contribution in [0.25, 0.3) is 11.1 Å². The van der Waals surface area contributed by atoms with Crippen molar-refractivity contribution in [3.63, 3.8) is 0 Å². The smallest absolute Gasteiger partial charge is 0.416 e. The van der Waals surface area contributed by atoms with Crippen LogP contribution in [0.2, 0.25) is 0 Å². The van der Waals surface area contributed by atoms with Crippen molar-refractivity contribution < 1.29 is 27.8 Å². The van der Waals surface area contributed by atoms with Crippen LogP contribution in [0.5, 0.6) is 5.75 Å². The first-order valence-electron chi connectivity index (χ1n) is 10.5. The molecule has 33 heavy (non-hydrogen) atoms. The Kier molecular flexibility index (Phi) is 6.22. The van der Waals surface area contributed by atoms with Crippen molar-refractivity contribution in [2.45, 2.75) is 39.0 Å². The van der Waals surface area contributed by atoms with Gasteiger partial charge in [-0.1, -0.05) is 42.0 Å². The van der Waals surface area contributed by atoms with Crippen molar-refractivity contribution in [2.24, 2.45) is 0 Å². The fraction of sp³-hybridized carbons (Fsp3) is 0.231. The molecule has 1 aliphatic rings. The average molecular weight is 453 g/mol. The van der Waals surface area contributed by atoms with E-state index in [2.05, 4.69) is 4.98 Å². The zero-order chi connectivity index (χ0) is 23.6. The number of nitrogens with zero attached hydrogens (tertiary/aromatic N) is 1. The molecule has 0 saturated heterocycles. The number of aryl methyl sites for hydroxylation is 1. The van der Waals surface area contributed by atoms with E-state index >= 15 is 0 Å². The van der Waals surface area contributed by atoms with Crippen molar-refractivity contribution >= 4 is 17.1 Å². The first kappa shape index (κ1) is 22.6. The maximum absolute atomic E-state index is 13.4. The number of carboxylic acids is 1. The van der Waals surface area contributed by atoms with E-state index in [4.69, 9.17) is 4.74 Å². The minimum absolute atomic E-state index is 0.0465. The molecule has 0 unspecified atom stereocenters. The van der Waals surface area contributed by atoms with E-state index in [0.29, 0.717) is 36.8 Å². The van der Waals surface area contributed by atoms with E-state index in [1.807, 2.05) is 55.5 Å². The SMILES string of the molecule is Cc1ccc(OCc2ccccc2)c(C2=C(c3cc(C(F)(F)F)cc(C(=O)O)n3)CCC2)c1. The Hall–Kier alpha value is -3.61. The zero-order valence-corrected chi connectivity index (χ0v) is 17.9. The van der Waals surface area contributed by atoms with Crippen LogP contribution in [0.3, 0.4) is 0 Å². The number of ether oxygens (including phenoxy) is 1. The monoisotopic (exact) mass is 453 g/mol. The quantitative estimate of drug-likeness (QED) is 0.447. The molecule has 1 N–H and O–H groups in total. The highest BCUT2D eigenvalue weighted by Gasteiger charge is 2.33. The van der Waals surface area contributed by atoms with E-state index in [-0.39, 0.29) is 5.69 Å². The Balaban J connectivity index is 1.79. The van der Waals surface area contributed by atoms with Gasteiger partial charge in [-0.3, -0.25) is 0 Å². The number of benzene rings is 2. The first-order valence-corrected chi connectivity index (χ1v) is 10.5. The molecule has 1 aliphatic carbocycles. The number of halogens is 3. The molecule has 0 saturated carbocycles. The number of allylic oxidation sites excluding steroid dienone is 2. The maximum atomic E-state index is 13.4. The summed E-state index contributed by atoms with van der Waals surface area (Å²) in [7, 11) is 0. The lowest BCUT2D eigenvalue weighted by Crippen LogP contribution is -2.11. The van der Waals surface area contributed by atoms with Gasteiger partial charge in [-0.25, -0.2) is 9.78 Å². The number of hydrogen-bond donors (Lipinski definition) is 1. The van der Waals surface area contributed by atoms with Gasteiger partial charge in [0.15, 0.2) is 0 Å². The molecule has 170 valence electrons. The van der Waals surface area contributed by atoms with E-state index in [9.17, 15) is 23.1 Å². The Morgan fingerprint density at radius 2 is 1.76 bits per heavy atom. The van der Waals surface area contributed by atoms with Crippen molar-refractivity contribution in [3.05, 3.63) is 94.3 Å². The molecule has 0 spiro atoms. The number of aromatic carboxylic acids is 1. The predicted octanol–water partition coefficient (Wildman–Crippen LogP) is 6.78. The number of hydrogen-bond acceptors (Lipinski definition) is 3. The molecule has 0 radical (unpaired) electrons. The molecular weight excluding hydrogens is 431 g/mol. The first-order chi connectivity index (χ1) is 15.7. The van der Waals surface area contributed by atoms with Crippen molar-refractivity contribution in [3.8, 4) is 5.75 Å². The summed E-state index contributed by atoms with van der Waals surface area (Å²) in [5.41, 5.74) is 2.65. The fourth-order valence-electron chi connectivity index (χ4n) is 4.02. The number of carboxylic acid groups (broad SMARTS) is 1. The normalized spacial score (nSPS) is 13.9. The lowest BCUT2D eigenvalue weighted by Gasteiger charge is -2.16. The van der Waals surface area contributed by atoms with Gasteiger partial charge in [0.05, 0.1) is 11.3 Å². The minimum atomic E-state index is -4.67. The van der Waals surface area contributed by atoms with Gasteiger partial charge in [0.1, 0.15) is 18.1 Å². The van der Waals surface area contributed by atoms with Crippen LogP contribution >= 0.6 is 0 Å². The summed E-state index contributed by atoms with van der Waals surface area (Å²) in [4.78, 5) is 15.5. The molecule has 4 rings (SSSR count). The molecule has 0 fully saturated rings. The Bertz CT molecular complexity index is 1220. The third-order valence-electron chi connectivity index (χ3n) is 5.60. The minimum Gasteiger partial charge on any atom is -0.488 e. The summed E-state index contributed by atoms with van der Waals surface area (Å²) < 4.78 is 46.4. The summed E-state index contributed by atoms with van der Waals surface area (Å²) in [5, 5.41) is 9.32. The van der Waals surface area contributed by atoms with Crippen LogP contribution in [0.1, 0.15) is 57.7 Å². The molecule has 7 heteroatoms. The summed E-state index contributed by atoms with van der Waals surface area (Å²) in [6.07, 6.45) is -2.79. The second-order valence-electron chi connectivity index (χ2n) is 8.01. The Morgan fingerprint density at radius 1 is 1.03 bits per heavy atom. The Morgan fingerprint density at radius 3 is 2.45 bits per heavy atom. The van der Waals surface area contributed by atoms with Crippen LogP contribution in [0, 0.1) is 6.92 Å². The van der Waals surface area contributed by atoms with Crippen LogP contribution < -0.4 is 4.74 Å².